The Morgan fingerprint density at radius 3 is 2.82 bits per heavy atom. The first kappa shape index (κ1) is 20.0. The number of ether oxygens (including phenoxy) is 2. The number of aromatic nitrogens is 3. The van der Waals surface area contributed by atoms with E-state index in [1.807, 2.05) is 38.1 Å². The number of rotatable bonds is 9. The average molecular weight is 385 g/mol. The van der Waals surface area contributed by atoms with Gasteiger partial charge >= 0.3 is 6.01 Å². The second-order valence-electron chi connectivity index (χ2n) is 6.38. The molecule has 1 aliphatic heterocycles. The standard InChI is InChI=1S/C19H27N7O2/c1-3-20-17-22-18(25-21-14-16-6-4-5-15(2)13-16)24-19(23-17)28-12-9-26-7-10-27-11-8-26/h4-6,13-14H,3,7-12H2,1-2H3,(H2,20,22,23,24,25)/b21-14+. The molecule has 0 amide bonds. The van der Waals surface area contributed by atoms with Crippen LogP contribution in [0.3, 0.4) is 0 Å². The first-order chi connectivity index (χ1) is 13.7. The largest absolute Gasteiger partial charge is 0.462 e. The van der Waals surface area contributed by atoms with E-state index >= 15 is 0 Å². The molecule has 9 heteroatoms. The molecule has 2 N–H and O–H groups in total. The molecule has 2 heterocycles. The lowest BCUT2D eigenvalue weighted by atomic mass is 10.2. The number of anilines is 2. The fourth-order valence-corrected chi connectivity index (χ4v) is 2.71. The molecule has 1 aliphatic rings. The molecule has 150 valence electrons. The van der Waals surface area contributed by atoms with Crippen LogP contribution in [0, 0.1) is 6.92 Å². The van der Waals surface area contributed by atoms with Gasteiger partial charge in [-0.1, -0.05) is 29.8 Å². The number of hydrogen-bond donors (Lipinski definition) is 2. The summed E-state index contributed by atoms with van der Waals surface area (Å²) < 4.78 is 11.1. The highest BCUT2D eigenvalue weighted by Gasteiger charge is 2.11. The number of nitrogens with zero attached hydrogens (tertiary/aromatic N) is 5. The molecule has 1 saturated heterocycles. The Morgan fingerprint density at radius 1 is 1.21 bits per heavy atom. The maximum absolute atomic E-state index is 5.74. The molecule has 9 nitrogen and oxygen atoms in total. The lowest BCUT2D eigenvalue weighted by molar-refractivity contribution is 0.0317. The molecular weight excluding hydrogens is 358 g/mol. The van der Waals surface area contributed by atoms with Crippen molar-refractivity contribution < 1.29 is 9.47 Å². The van der Waals surface area contributed by atoms with Crippen molar-refractivity contribution in [3.05, 3.63) is 35.4 Å². The highest BCUT2D eigenvalue weighted by molar-refractivity contribution is 5.80. The summed E-state index contributed by atoms with van der Waals surface area (Å²) in [6.07, 6.45) is 1.72. The smallest absolute Gasteiger partial charge is 0.323 e. The third kappa shape index (κ3) is 6.43. The third-order valence-corrected chi connectivity index (χ3v) is 4.11. The van der Waals surface area contributed by atoms with Gasteiger partial charge in [0.2, 0.25) is 5.95 Å². The van der Waals surface area contributed by atoms with Crippen LogP contribution in [0.15, 0.2) is 29.4 Å². The first-order valence-corrected chi connectivity index (χ1v) is 9.51. The van der Waals surface area contributed by atoms with E-state index in [9.17, 15) is 0 Å². The molecule has 0 saturated carbocycles. The van der Waals surface area contributed by atoms with Crippen molar-refractivity contribution in [1.82, 2.24) is 19.9 Å². The van der Waals surface area contributed by atoms with Gasteiger partial charge in [-0.15, -0.1) is 0 Å². The Morgan fingerprint density at radius 2 is 2.04 bits per heavy atom. The molecular formula is C19H27N7O2. The van der Waals surface area contributed by atoms with Crippen molar-refractivity contribution in [3.63, 3.8) is 0 Å². The minimum absolute atomic E-state index is 0.271. The van der Waals surface area contributed by atoms with Crippen molar-refractivity contribution in [1.29, 1.82) is 0 Å². The van der Waals surface area contributed by atoms with Crippen LogP contribution in [0.1, 0.15) is 18.1 Å². The third-order valence-electron chi connectivity index (χ3n) is 4.11. The maximum Gasteiger partial charge on any atom is 0.323 e. The Balaban J connectivity index is 1.59. The zero-order valence-corrected chi connectivity index (χ0v) is 16.4. The summed E-state index contributed by atoms with van der Waals surface area (Å²) in [4.78, 5) is 15.2. The van der Waals surface area contributed by atoms with Gasteiger partial charge in [0.15, 0.2) is 0 Å². The number of aryl methyl sites for hydroxylation is 1. The molecule has 0 radical (unpaired) electrons. The zero-order valence-electron chi connectivity index (χ0n) is 16.4. The predicted octanol–water partition coefficient (Wildman–Crippen LogP) is 1.77. The summed E-state index contributed by atoms with van der Waals surface area (Å²) in [7, 11) is 0. The second kappa shape index (κ2) is 10.5. The van der Waals surface area contributed by atoms with Gasteiger partial charge in [0.25, 0.3) is 5.95 Å². The topological polar surface area (TPSA) is 96.8 Å². The van der Waals surface area contributed by atoms with Crippen LogP contribution in [-0.4, -0.2) is 72.1 Å². The molecule has 0 aliphatic carbocycles. The quantitative estimate of drug-likeness (QED) is 0.498. The van der Waals surface area contributed by atoms with Crippen LogP contribution in [0.4, 0.5) is 11.9 Å². The van der Waals surface area contributed by atoms with E-state index in [2.05, 4.69) is 35.7 Å². The van der Waals surface area contributed by atoms with Crippen molar-refractivity contribution in [2.75, 3.05) is 56.7 Å². The lowest BCUT2D eigenvalue weighted by Gasteiger charge is -2.26. The molecule has 0 spiro atoms. The summed E-state index contributed by atoms with van der Waals surface area (Å²) in [5, 5.41) is 7.30. The van der Waals surface area contributed by atoms with Crippen molar-refractivity contribution in [2.24, 2.45) is 5.10 Å². The van der Waals surface area contributed by atoms with Crippen LogP contribution in [0.5, 0.6) is 6.01 Å². The number of nitrogens with one attached hydrogen (secondary N) is 2. The molecule has 2 aromatic rings. The Labute approximate surface area is 165 Å². The van der Waals surface area contributed by atoms with Gasteiger partial charge in [-0.2, -0.15) is 20.1 Å². The number of hydrazone groups is 1. The Hall–Kier alpha value is -2.78. The number of benzene rings is 1. The molecule has 1 aromatic heterocycles. The highest BCUT2D eigenvalue weighted by atomic mass is 16.5. The van der Waals surface area contributed by atoms with E-state index < -0.39 is 0 Å². The van der Waals surface area contributed by atoms with Crippen LogP contribution in [0.2, 0.25) is 0 Å². The van der Waals surface area contributed by atoms with E-state index in [0.29, 0.717) is 25.0 Å². The van der Waals surface area contributed by atoms with Crippen LogP contribution >= 0.6 is 0 Å². The molecule has 1 aromatic carbocycles. The summed E-state index contributed by atoms with van der Waals surface area (Å²) in [5.74, 6) is 0.781. The fourth-order valence-electron chi connectivity index (χ4n) is 2.71. The van der Waals surface area contributed by atoms with Crippen molar-refractivity contribution >= 4 is 18.1 Å². The molecule has 1 fully saturated rings. The summed E-state index contributed by atoms with van der Waals surface area (Å²) in [5.41, 5.74) is 5.02. The summed E-state index contributed by atoms with van der Waals surface area (Å²) in [6.45, 7) is 9.40. The fraction of sp³-hybridized carbons (Fsp3) is 0.474. The molecule has 0 bridgehead atoms. The van der Waals surface area contributed by atoms with Crippen LogP contribution < -0.4 is 15.5 Å². The molecule has 28 heavy (non-hydrogen) atoms. The minimum atomic E-state index is 0.271. The maximum atomic E-state index is 5.74. The number of hydrogen-bond acceptors (Lipinski definition) is 9. The summed E-state index contributed by atoms with van der Waals surface area (Å²) >= 11 is 0. The van der Waals surface area contributed by atoms with Gasteiger partial charge in [-0.25, -0.2) is 5.43 Å². The monoisotopic (exact) mass is 385 g/mol. The predicted molar refractivity (Wildman–Crippen MR) is 109 cm³/mol. The van der Waals surface area contributed by atoms with E-state index in [1.54, 1.807) is 6.21 Å². The number of morpholine rings is 1. The van der Waals surface area contributed by atoms with Crippen molar-refractivity contribution in [3.8, 4) is 6.01 Å². The van der Waals surface area contributed by atoms with Crippen LogP contribution in [0.25, 0.3) is 0 Å². The second-order valence-corrected chi connectivity index (χ2v) is 6.38. The van der Waals surface area contributed by atoms with Gasteiger partial charge in [0, 0.05) is 26.2 Å². The zero-order chi connectivity index (χ0) is 19.6. The van der Waals surface area contributed by atoms with Gasteiger partial charge in [0.1, 0.15) is 6.61 Å². The Kier molecular flexibility index (Phi) is 7.51. The van der Waals surface area contributed by atoms with E-state index in [1.165, 1.54) is 5.56 Å². The lowest BCUT2D eigenvalue weighted by Crippen LogP contribution is -2.38. The van der Waals surface area contributed by atoms with Gasteiger partial charge in [0.05, 0.1) is 19.4 Å². The molecule has 0 atom stereocenters. The highest BCUT2D eigenvalue weighted by Crippen LogP contribution is 2.11. The molecule has 3 rings (SSSR count). The SMILES string of the molecule is CCNc1nc(N/N=C/c2cccc(C)c2)nc(OCCN2CCOCC2)n1. The van der Waals surface area contributed by atoms with Gasteiger partial charge in [-0.3, -0.25) is 4.90 Å². The minimum Gasteiger partial charge on any atom is -0.462 e. The van der Waals surface area contributed by atoms with Gasteiger partial charge in [-0.05, 0) is 19.4 Å². The van der Waals surface area contributed by atoms with E-state index in [0.717, 1.165) is 38.4 Å². The first-order valence-electron chi connectivity index (χ1n) is 9.51. The van der Waals surface area contributed by atoms with E-state index in [-0.39, 0.29) is 6.01 Å². The van der Waals surface area contributed by atoms with Gasteiger partial charge < -0.3 is 14.8 Å². The van der Waals surface area contributed by atoms with Crippen LogP contribution in [-0.2, 0) is 4.74 Å². The Bertz CT molecular complexity index is 779. The molecule has 0 unspecified atom stereocenters. The van der Waals surface area contributed by atoms with E-state index in [4.69, 9.17) is 9.47 Å². The average Bonchev–Trinajstić information content (AvgIpc) is 2.69. The summed E-state index contributed by atoms with van der Waals surface area (Å²) in [6, 6.07) is 8.33. The van der Waals surface area contributed by atoms with Crippen molar-refractivity contribution in [2.45, 2.75) is 13.8 Å². The normalized spacial score (nSPS) is 14.9.